The smallest absolute Gasteiger partial charge is 0.332 e. The van der Waals surface area contributed by atoms with Gasteiger partial charge in [0.05, 0.1) is 19.9 Å². The lowest BCUT2D eigenvalue weighted by atomic mass is 10.1. The van der Waals surface area contributed by atoms with Gasteiger partial charge < -0.3 is 20.2 Å². The fraction of sp³-hybridized carbons (Fsp3) is 0.182. The molecule has 2 aromatic carbocycles. The SMILES string of the molecule is COc1ccc(-n2c(=O)[nH]c3c(C(N)=O)nc(CCc4ccccc4)nc32)c(OC)c1. The molecule has 0 bridgehead atoms. The van der Waals surface area contributed by atoms with Crippen LogP contribution in [0.3, 0.4) is 0 Å². The second-order valence-electron chi connectivity index (χ2n) is 6.84. The molecular formula is C22H21N5O4. The lowest BCUT2D eigenvalue weighted by molar-refractivity contribution is 0.0996. The largest absolute Gasteiger partial charge is 0.497 e. The van der Waals surface area contributed by atoms with E-state index < -0.39 is 11.6 Å². The zero-order valence-corrected chi connectivity index (χ0v) is 17.1. The molecule has 0 radical (unpaired) electrons. The Morgan fingerprint density at radius 3 is 2.52 bits per heavy atom. The van der Waals surface area contributed by atoms with Gasteiger partial charge in [0.15, 0.2) is 11.3 Å². The summed E-state index contributed by atoms with van der Waals surface area (Å²) in [4.78, 5) is 36.4. The number of hydrogen-bond acceptors (Lipinski definition) is 6. The number of nitrogens with zero attached hydrogens (tertiary/aromatic N) is 3. The van der Waals surface area contributed by atoms with Crippen LogP contribution in [0.25, 0.3) is 16.9 Å². The maximum absolute atomic E-state index is 12.8. The number of aryl methyl sites for hydroxylation is 2. The van der Waals surface area contributed by atoms with Gasteiger partial charge in [-0.1, -0.05) is 30.3 Å². The average Bonchev–Trinajstić information content (AvgIpc) is 3.12. The van der Waals surface area contributed by atoms with Gasteiger partial charge in [0.1, 0.15) is 22.8 Å². The minimum Gasteiger partial charge on any atom is -0.497 e. The summed E-state index contributed by atoms with van der Waals surface area (Å²) >= 11 is 0. The summed E-state index contributed by atoms with van der Waals surface area (Å²) in [6.07, 6.45) is 1.14. The number of rotatable bonds is 7. The Balaban J connectivity index is 1.87. The van der Waals surface area contributed by atoms with Gasteiger partial charge in [-0.05, 0) is 24.1 Å². The van der Waals surface area contributed by atoms with E-state index in [4.69, 9.17) is 15.2 Å². The molecule has 0 aliphatic rings. The molecule has 0 aliphatic heterocycles. The number of hydrogen-bond donors (Lipinski definition) is 2. The number of aromatic nitrogens is 4. The monoisotopic (exact) mass is 419 g/mol. The third-order valence-electron chi connectivity index (χ3n) is 4.92. The first kappa shape index (κ1) is 20.1. The van der Waals surface area contributed by atoms with E-state index in [0.29, 0.717) is 35.9 Å². The minimum absolute atomic E-state index is 0.0311. The van der Waals surface area contributed by atoms with Crippen LogP contribution in [0, 0.1) is 0 Å². The summed E-state index contributed by atoms with van der Waals surface area (Å²) in [6, 6.07) is 14.9. The number of fused-ring (bicyclic) bond motifs is 1. The number of amides is 1. The standard InChI is InChI=1S/C22H21N5O4/c1-30-14-9-10-15(16(12-14)31-2)27-21-19(26-22(27)29)18(20(23)28)24-17(25-21)11-8-13-6-4-3-5-7-13/h3-7,9-10,12H,8,11H2,1-2H3,(H2,23,28)(H,26,29). The Morgan fingerprint density at radius 2 is 1.84 bits per heavy atom. The summed E-state index contributed by atoms with van der Waals surface area (Å²) in [5.41, 5.74) is 7.01. The predicted octanol–water partition coefficient (Wildman–Crippen LogP) is 2.01. The highest BCUT2D eigenvalue weighted by Crippen LogP contribution is 2.29. The molecule has 9 nitrogen and oxygen atoms in total. The van der Waals surface area contributed by atoms with Crippen LogP contribution in [-0.4, -0.2) is 39.6 Å². The zero-order chi connectivity index (χ0) is 22.0. The Bertz CT molecular complexity index is 1310. The Labute approximate surface area is 177 Å². The van der Waals surface area contributed by atoms with E-state index in [1.54, 1.807) is 18.2 Å². The molecule has 31 heavy (non-hydrogen) atoms. The van der Waals surface area contributed by atoms with Gasteiger partial charge in [-0.3, -0.25) is 4.79 Å². The van der Waals surface area contributed by atoms with E-state index in [9.17, 15) is 9.59 Å². The van der Waals surface area contributed by atoms with Gasteiger partial charge in [-0.15, -0.1) is 0 Å². The summed E-state index contributed by atoms with van der Waals surface area (Å²) in [7, 11) is 3.03. The molecule has 0 saturated heterocycles. The predicted molar refractivity (Wildman–Crippen MR) is 115 cm³/mol. The Morgan fingerprint density at radius 1 is 1.06 bits per heavy atom. The molecule has 1 amide bonds. The van der Waals surface area contributed by atoms with Crippen LogP contribution in [-0.2, 0) is 12.8 Å². The van der Waals surface area contributed by atoms with Crippen LogP contribution in [0.5, 0.6) is 11.5 Å². The van der Waals surface area contributed by atoms with Crippen molar-refractivity contribution in [2.24, 2.45) is 5.73 Å². The van der Waals surface area contributed by atoms with E-state index in [-0.39, 0.29) is 16.9 Å². The molecule has 2 aromatic heterocycles. The third kappa shape index (κ3) is 3.85. The Hall–Kier alpha value is -4.14. The molecule has 158 valence electrons. The van der Waals surface area contributed by atoms with Crippen LogP contribution in [0.2, 0.25) is 0 Å². The van der Waals surface area contributed by atoms with E-state index in [1.807, 2.05) is 30.3 Å². The van der Waals surface area contributed by atoms with E-state index >= 15 is 0 Å². The summed E-state index contributed by atoms with van der Waals surface area (Å²) < 4.78 is 12.0. The average molecular weight is 419 g/mol. The maximum atomic E-state index is 12.8. The summed E-state index contributed by atoms with van der Waals surface area (Å²) in [5.74, 6) is 0.644. The second-order valence-corrected chi connectivity index (χ2v) is 6.84. The summed E-state index contributed by atoms with van der Waals surface area (Å²) in [5, 5.41) is 0. The lowest BCUT2D eigenvalue weighted by Crippen LogP contribution is -2.17. The van der Waals surface area contributed by atoms with Gasteiger partial charge in [0.2, 0.25) is 0 Å². The van der Waals surface area contributed by atoms with Crippen LogP contribution in [0.4, 0.5) is 0 Å². The van der Waals surface area contributed by atoms with Crippen molar-refractivity contribution in [2.45, 2.75) is 12.8 Å². The van der Waals surface area contributed by atoms with Crippen molar-refractivity contribution >= 4 is 17.1 Å². The molecule has 0 unspecified atom stereocenters. The van der Waals surface area contributed by atoms with Crippen LogP contribution in [0.15, 0.2) is 53.3 Å². The van der Waals surface area contributed by atoms with Crippen molar-refractivity contribution in [2.75, 3.05) is 14.2 Å². The fourth-order valence-electron chi connectivity index (χ4n) is 3.41. The highest BCUT2D eigenvalue weighted by Gasteiger charge is 2.21. The van der Waals surface area contributed by atoms with Crippen LogP contribution >= 0.6 is 0 Å². The highest BCUT2D eigenvalue weighted by molar-refractivity contribution is 6.01. The number of benzene rings is 2. The van der Waals surface area contributed by atoms with Crippen molar-refractivity contribution in [3.05, 3.63) is 76.1 Å². The quantitative estimate of drug-likeness (QED) is 0.472. The van der Waals surface area contributed by atoms with Crippen molar-refractivity contribution < 1.29 is 14.3 Å². The Kier molecular flexibility index (Phi) is 5.40. The first-order valence-electron chi connectivity index (χ1n) is 9.59. The molecule has 0 aliphatic carbocycles. The summed E-state index contributed by atoms with van der Waals surface area (Å²) in [6.45, 7) is 0. The molecule has 2 heterocycles. The number of primary amides is 1. The van der Waals surface area contributed by atoms with Gasteiger partial charge in [-0.25, -0.2) is 19.3 Å². The number of nitrogens with two attached hydrogens (primary N) is 1. The molecule has 0 fully saturated rings. The molecule has 3 N–H and O–H groups in total. The number of aromatic amines is 1. The van der Waals surface area contributed by atoms with E-state index in [2.05, 4.69) is 15.0 Å². The first-order valence-corrected chi connectivity index (χ1v) is 9.59. The van der Waals surface area contributed by atoms with Gasteiger partial charge in [-0.2, -0.15) is 0 Å². The van der Waals surface area contributed by atoms with Crippen molar-refractivity contribution in [1.82, 2.24) is 19.5 Å². The van der Waals surface area contributed by atoms with E-state index in [0.717, 1.165) is 5.56 Å². The van der Waals surface area contributed by atoms with Gasteiger partial charge in [0, 0.05) is 12.5 Å². The topological polar surface area (TPSA) is 125 Å². The third-order valence-corrected chi connectivity index (χ3v) is 4.92. The first-order chi connectivity index (χ1) is 15.0. The molecule has 9 heteroatoms. The molecular weight excluding hydrogens is 398 g/mol. The molecule has 4 rings (SSSR count). The maximum Gasteiger partial charge on any atom is 0.332 e. The number of carbonyl (C=O) groups is 1. The number of ether oxygens (including phenoxy) is 2. The second kappa shape index (κ2) is 8.31. The fourth-order valence-corrected chi connectivity index (χ4v) is 3.41. The zero-order valence-electron chi connectivity index (χ0n) is 17.1. The highest BCUT2D eigenvalue weighted by atomic mass is 16.5. The van der Waals surface area contributed by atoms with Crippen LogP contribution in [0.1, 0.15) is 21.9 Å². The van der Waals surface area contributed by atoms with Crippen molar-refractivity contribution in [3.8, 4) is 17.2 Å². The van der Waals surface area contributed by atoms with Crippen molar-refractivity contribution in [3.63, 3.8) is 0 Å². The lowest BCUT2D eigenvalue weighted by Gasteiger charge is -2.11. The molecule has 0 spiro atoms. The molecule has 0 atom stereocenters. The number of imidazole rings is 1. The number of carbonyl (C=O) groups excluding carboxylic acids is 1. The van der Waals surface area contributed by atoms with Crippen molar-refractivity contribution in [1.29, 1.82) is 0 Å². The van der Waals surface area contributed by atoms with Gasteiger partial charge >= 0.3 is 5.69 Å². The normalized spacial score (nSPS) is 10.9. The number of H-pyrrole nitrogens is 1. The molecule has 4 aromatic rings. The molecule has 0 saturated carbocycles. The van der Waals surface area contributed by atoms with Gasteiger partial charge in [0.25, 0.3) is 5.91 Å². The minimum atomic E-state index is -0.747. The number of nitrogens with one attached hydrogen (secondary N) is 1. The number of methoxy groups -OCH3 is 2. The van der Waals surface area contributed by atoms with Crippen LogP contribution < -0.4 is 20.9 Å². The van der Waals surface area contributed by atoms with E-state index in [1.165, 1.54) is 18.8 Å².